The van der Waals surface area contributed by atoms with E-state index in [1.165, 1.54) is 5.56 Å². The first-order valence-electron chi connectivity index (χ1n) is 10.9. The van der Waals surface area contributed by atoms with Gasteiger partial charge in [0.15, 0.2) is 5.78 Å². The van der Waals surface area contributed by atoms with Gasteiger partial charge in [0.25, 0.3) is 0 Å². The van der Waals surface area contributed by atoms with E-state index in [4.69, 9.17) is 0 Å². The molecule has 1 aliphatic rings. The first kappa shape index (κ1) is 22.4. The highest BCUT2D eigenvalue weighted by atomic mass is 32.2. The Morgan fingerprint density at radius 3 is 2.20 bits per heavy atom. The summed E-state index contributed by atoms with van der Waals surface area (Å²) in [7, 11) is -1.10. The first-order chi connectivity index (χ1) is 14.6. The molecule has 0 aromatic heterocycles. The first-order valence-corrected chi connectivity index (χ1v) is 12.2. The summed E-state index contributed by atoms with van der Waals surface area (Å²) in [5.41, 5.74) is 2.38. The molecule has 0 spiro atoms. The zero-order valence-electron chi connectivity index (χ0n) is 17.5. The van der Waals surface area contributed by atoms with Gasteiger partial charge in [-0.05, 0) is 30.4 Å². The number of carbonyl (C=O) groups excluding carboxylic acids is 2. The number of aryl methyl sites for hydroxylation is 1. The van der Waals surface area contributed by atoms with Crippen LogP contribution in [-0.2, 0) is 32.6 Å². The maximum atomic E-state index is 13.0. The average Bonchev–Trinajstić information content (AvgIpc) is 2.76. The Hall–Kier alpha value is -2.27. The van der Waals surface area contributed by atoms with Crippen LogP contribution < -0.4 is 0 Å². The molecular formula is C25H31NO3S. The molecule has 30 heavy (non-hydrogen) atoms. The molecule has 0 radical (unpaired) electrons. The van der Waals surface area contributed by atoms with Crippen molar-refractivity contribution in [3.63, 3.8) is 0 Å². The standard InChI is InChI=1S/C25H31NO3S/c27-23(19-26-17-16-25(26)28)18-24(30(29)20-22-13-7-2-8-14-22)15-9-3-6-12-21-10-4-1-5-11-21/h1-2,4-5,7-8,10-11,13-14,24H,3,6,9,12,15-20H2. The third-order valence-electron chi connectivity index (χ3n) is 5.63. The van der Waals surface area contributed by atoms with Crippen molar-refractivity contribution in [2.45, 2.75) is 55.9 Å². The SMILES string of the molecule is O=C(CC(CCCCCc1ccccc1)S(=O)Cc1ccccc1)CN1CCC1=O. The van der Waals surface area contributed by atoms with E-state index in [0.29, 0.717) is 25.1 Å². The van der Waals surface area contributed by atoms with E-state index in [2.05, 4.69) is 24.3 Å². The smallest absolute Gasteiger partial charge is 0.224 e. The summed E-state index contributed by atoms with van der Waals surface area (Å²) in [6, 6.07) is 20.3. The number of likely N-dealkylation sites (tertiary alicyclic amines) is 1. The summed E-state index contributed by atoms with van der Waals surface area (Å²) in [6.45, 7) is 0.841. The third-order valence-corrected chi connectivity index (χ3v) is 7.39. The van der Waals surface area contributed by atoms with E-state index < -0.39 is 10.8 Å². The Balaban J connectivity index is 1.49. The molecule has 2 aromatic carbocycles. The number of nitrogens with zero attached hydrogens (tertiary/aromatic N) is 1. The molecule has 0 aliphatic carbocycles. The van der Waals surface area contributed by atoms with Gasteiger partial charge in [-0.3, -0.25) is 13.8 Å². The van der Waals surface area contributed by atoms with E-state index in [1.54, 1.807) is 4.90 Å². The molecule has 160 valence electrons. The van der Waals surface area contributed by atoms with Crippen molar-refractivity contribution >= 4 is 22.5 Å². The Morgan fingerprint density at radius 2 is 1.60 bits per heavy atom. The molecule has 2 aromatic rings. The van der Waals surface area contributed by atoms with Crippen LogP contribution in [0.5, 0.6) is 0 Å². The fraction of sp³-hybridized carbons (Fsp3) is 0.440. The molecule has 1 aliphatic heterocycles. The fourth-order valence-electron chi connectivity index (χ4n) is 3.77. The number of hydrogen-bond donors (Lipinski definition) is 0. The number of carbonyl (C=O) groups is 2. The van der Waals surface area contributed by atoms with Crippen molar-refractivity contribution in [1.29, 1.82) is 0 Å². The number of unbranched alkanes of at least 4 members (excludes halogenated alkanes) is 2. The van der Waals surface area contributed by atoms with Gasteiger partial charge in [-0.25, -0.2) is 0 Å². The second kappa shape index (κ2) is 11.8. The van der Waals surface area contributed by atoms with E-state index in [1.807, 2.05) is 36.4 Å². The number of Topliss-reactive ketones (excluding diaryl/α,β-unsaturated/α-hetero) is 1. The normalized spacial score (nSPS) is 15.5. The predicted molar refractivity (Wildman–Crippen MR) is 122 cm³/mol. The summed E-state index contributed by atoms with van der Waals surface area (Å²) in [5.74, 6) is 0.552. The average molecular weight is 426 g/mol. The van der Waals surface area contributed by atoms with Crippen LogP contribution in [0.25, 0.3) is 0 Å². The zero-order chi connectivity index (χ0) is 21.2. The maximum Gasteiger partial charge on any atom is 0.224 e. The van der Waals surface area contributed by atoms with Crippen molar-refractivity contribution in [3.05, 3.63) is 71.8 Å². The molecule has 1 amide bonds. The minimum Gasteiger partial charge on any atom is -0.335 e. The van der Waals surface area contributed by atoms with Crippen molar-refractivity contribution in [3.8, 4) is 0 Å². The van der Waals surface area contributed by atoms with Crippen molar-refractivity contribution in [1.82, 2.24) is 4.90 Å². The number of hydrogen-bond acceptors (Lipinski definition) is 3. The number of rotatable bonds is 13. The van der Waals surface area contributed by atoms with Crippen LogP contribution >= 0.6 is 0 Å². The molecule has 0 bridgehead atoms. The molecule has 2 atom stereocenters. The maximum absolute atomic E-state index is 13.0. The predicted octanol–water partition coefficient (Wildman–Crippen LogP) is 4.30. The summed E-state index contributed by atoms with van der Waals surface area (Å²) in [6.07, 6.45) is 5.79. The minimum atomic E-state index is -1.10. The zero-order valence-corrected chi connectivity index (χ0v) is 18.3. The fourth-order valence-corrected chi connectivity index (χ4v) is 5.32. The third kappa shape index (κ3) is 7.21. The van der Waals surface area contributed by atoms with E-state index in [9.17, 15) is 13.8 Å². The van der Waals surface area contributed by atoms with E-state index in [0.717, 1.165) is 37.7 Å². The molecule has 1 saturated heterocycles. The number of β-lactam (4-membered cyclic amide) rings is 1. The molecule has 3 rings (SSSR count). The Kier molecular flexibility index (Phi) is 8.81. The van der Waals surface area contributed by atoms with Gasteiger partial charge in [0.2, 0.25) is 5.91 Å². The lowest BCUT2D eigenvalue weighted by atomic mass is 10.0. The summed E-state index contributed by atoms with van der Waals surface area (Å²) in [4.78, 5) is 25.6. The van der Waals surface area contributed by atoms with Crippen LogP contribution in [0.3, 0.4) is 0 Å². The van der Waals surface area contributed by atoms with Crippen LogP contribution in [0.15, 0.2) is 60.7 Å². The second-order valence-electron chi connectivity index (χ2n) is 8.03. The van der Waals surface area contributed by atoms with Gasteiger partial charge in [-0.2, -0.15) is 0 Å². The molecule has 0 saturated carbocycles. The lowest BCUT2D eigenvalue weighted by molar-refractivity contribution is -0.143. The number of ketones is 1. The highest BCUT2D eigenvalue weighted by Gasteiger charge is 2.27. The Labute approximate surface area is 182 Å². The van der Waals surface area contributed by atoms with Crippen molar-refractivity contribution < 1.29 is 13.8 Å². The Morgan fingerprint density at radius 1 is 0.933 bits per heavy atom. The summed E-state index contributed by atoms with van der Waals surface area (Å²) in [5, 5.41) is -0.147. The van der Waals surface area contributed by atoms with Gasteiger partial charge in [0.05, 0.1) is 6.54 Å². The molecule has 2 unspecified atom stereocenters. The van der Waals surface area contributed by atoms with Crippen molar-refractivity contribution in [2.24, 2.45) is 0 Å². The largest absolute Gasteiger partial charge is 0.335 e. The highest BCUT2D eigenvalue weighted by molar-refractivity contribution is 7.84. The van der Waals surface area contributed by atoms with E-state index in [-0.39, 0.29) is 23.5 Å². The van der Waals surface area contributed by atoms with Gasteiger partial charge in [0, 0.05) is 41.2 Å². The minimum absolute atomic E-state index is 0.0266. The molecule has 1 fully saturated rings. The van der Waals surface area contributed by atoms with E-state index >= 15 is 0 Å². The molecule has 1 heterocycles. The highest BCUT2D eigenvalue weighted by Crippen LogP contribution is 2.19. The lowest BCUT2D eigenvalue weighted by Crippen LogP contribution is -2.46. The molecule has 4 nitrogen and oxygen atoms in total. The van der Waals surface area contributed by atoms with Crippen LogP contribution in [0.4, 0.5) is 0 Å². The molecule has 0 N–H and O–H groups in total. The molecule has 5 heteroatoms. The lowest BCUT2D eigenvalue weighted by Gasteiger charge is -2.30. The van der Waals surface area contributed by atoms with Crippen molar-refractivity contribution in [2.75, 3.05) is 13.1 Å². The summed E-state index contributed by atoms with van der Waals surface area (Å²) >= 11 is 0. The second-order valence-corrected chi connectivity index (χ2v) is 9.74. The summed E-state index contributed by atoms with van der Waals surface area (Å²) < 4.78 is 13.0. The topological polar surface area (TPSA) is 54.5 Å². The Bertz CT molecular complexity index is 838. The monoisotopic (exact) mass is 425 g/mol. The van der Waals surface area contributed by atoms with Gasteiger partial charge in [0.1, 0.15) is 0 Å². The quantitative estimate of drug-likeness (QED) is 0.355. The van der Waals surface area contributed by atoms with Gasteiger partial charge < -0.3 is 4.90 Å². The van der Waals surface area contributed by atoms with Crippen LogP contribution in [0, 0.1) is 0 Å². The van der Waals surface area contributed by atoms with Gasteiger partial charge in [-0.1, -0.05) is 73.5 Å². The van der Waals surface area contributed by atoms with Crippen LogP contribution in [0.2, 0.25) is 0 Å². The van der Waals surface area contributed by atoms with Gasteiger partial charge >= 0.3 is 0 Å². The number of amides is 1. The van der Waals surface area contributed by atoms with Gasteiger partial charge in [-0.15, -0.1) is 0 Å². The van der Waals surface area contributed by atoms with Crippen LogP contribution in [0.1, 0.15) is 49.7 Å². The number of benzene rings is 2. The molecular weight excluding hydrogens is 394 g/mol. The van der Waals surface area contributed by atoms with Crippen LogP contribution in [-0.4, -0.2) is 39.1 Å².